The van der Waals surface area contributed by atoms with Crippen molar-refractivity contribution in [1.29, 1.82) is 0 Å². The number of hydrogen-bond acceptors (Lipinski definition) is 8. The van der Waals surface area contributed by atoms with Crippen LogP contribution in [-0.4, -0.2) is 82.9 Å². The van der Waals surface area contributed by atoms with Crippen LogP contribution in [0.15, 0.2) is 42.5 Å². The second-order valence-electron chi connectivity index (χ2n) is 7.57. The third-order valence-electron chi connectivity index (χ3n) is 5.59. The minimum atomic E-state index is -0.0478. The molecule has 10 nitrogen and oxygen atoms in total. The van der Waals surface area contributed by atoms with Crippen molar-refractivity contribution in [3.05, 3.63) is 53.9 Å². The van der Waals surface area contributed by atoms with Crippen LogP contribution in [0, 0.1) is 0 Å². The van der Waals surface area contributed by atoms with Crippen molar-refractivity contribution in [2.75, 3.05) is 47.0 Å². The molecule has 0 atom stereocenters. The van der Waals surface area contributed by atoms with E-state index in [4.69, 9.17) is 14.2 Å². The molecule has 1 amide bonds. The summed E-state index contributed by atoms with van der Waals surface area (Å²) in [6, 6.07) is 12.9. The lowest BCUT2D eigenvalue weighted by atomic mass is 10.1. The summed E-state index contributed by atoms with van der Waals surface area (Å²) in [6.07, 6.45) is 0. The number of carbonyl (C=O) groups is 1. The molecule has 4 rings (SSSR count). The number of hydrogen-bond donors (Lipinski definition) is 0. The number of benzene rings is 2. The first-order chi connectivity index (χ1) is 16.1. The van der Waals surface area contributed by atoms with Gasteiger partial charge >= 0.3 is 0 Å². The van der Waals surface area contributed by atoms with Crippen molar-refractivity contribution in [3.63, 3.8) is 0 Å². The molecule has 1 aliphatic heterocycles. The van der Waals surface area contributed by atoms with Gasteiger partial charge in [0.15, 0.2) is 5.82 Å². The smallest absolute Gasteiger partial charge is 0.257 e. The Hall–Kier alpha value is -3.66. The maximum absolute atomic E-state index is 13.1. The van der Waals surface area contributed by atoms with Crippen LogP contribution in [0.2, 0.25) is 0 Å². The molecule has 1 saturated heterocycles. The van der Waals surface area contributed by atoms with E-state index >= 15 is 0 Å². The Labute approximate surface area is 192 Å². The molecule has 0 N–H and O–H groups in total. The zero-order valence-electron chi connectivity index (χ0n) is 19.1. The first-order valence-electron chi connectivity index (χ1n) is 10.9. The molecule has 0 spiro atoms. The molecular formula is C23H28N6O4. The predicted octanol–water partition coefficient (Wildman–Crippen LogP) is 2.04. The highest BCUT2D eigenvalue weighted by molar-refractivity contribution is 5.97. The summed E-state index contributed by atoms with van der Waals surface area (Å²) in [5.74, 6) is 2.67. The maximum Gasteiger partial charge on any atom is 0.257 e. The third kappa shape index (κ3) is 5.06. The van der Waals surface area contributed by atoms with Gasteiger partial charge in [-0.3, -0.25) is 9.69 Å². The lowest BCUT2D eigenvalue weighted by Gasteiger charge is -2.34. The normalized spacial score (nSPS) is 14.2. The van der Waals surface area contributed by atoms with Crippen LogP contribution in [-0.2, 0) is 6.54 Å². The molecule has 2 aromatic carbocycles. The molecule has 1 fully saturated rings. The topological polar surface area (TPSA) is 94.8 Å². The largest absolute Gasteiger partial charge is 0.497 e. The van der Waals surface area contributed by atoms with E-state index in [0.29, 0.717) is 43.3 Å². The quantitative estimate of drug-likeness (QED) is 0.513. The van der Waals surface area contributed by atoms with Crippen LogP contribution in [0.1, 0.15) is 23.1 Å². The average molecular weight is 453 g/mol. The van der Waals surface area contributed by atoms with Gasteiger partial charge in [0.25, 0.3) is 5.91 Å². The van der Waals surface area contributed by atoms with E-state index in [2.05, 4.69) is 20.4 Å². The van der Waals surface area contributed by atoms with E-state index in [-0.39, 0.29) is 5.91 Å². The molecule has 1 aliphatic rings. The first kappa shape index (κ1) is 22.5. The van der Waals surface area contributed by atoms with Gasteiger partial charge in [-0.2, -0.15) is 4.68 Å². The van der Waals surface area contributed by atoms with Crippen LogP contribution in [0.25, 0.3) is 5.69 Å². The second kappa shape index (κ2) is 10.3. The van der Waals surface area contributed by atoms with Crippen LogP contribution < -0.4 is 14.2 Å². The molecule has 3 aromatic rings. The Balaban J connectivity index is 1.38. The van der Waals surface area contributed by atoms with Crippen molar-refractivity contribution in [3.8, 4) is 22.9 Å². The number of aromatic nitrogens is 4. The fourth-order valence-electron chi connectivity index (χ4n) is 3.81. The first-order valence-corrected chi connectivity index (χ1v) is 10.9. The maximum atomic E-state index is 13.1. The molecular weight excluding hydrogens is 424 g/mol. The molecule has 10 heteroatoms. The second-order valence-corrected chi connectivity index (χ2v) is 7.57. The summed E-state index contributed by atoms with van der Waals surface area (Å²) in [7, 11) is 3.14. The van der Waals surface area contributed by atoms with E-state index in [0.717, 1.165) is 30.4 Å². The lowest BCUT2D eigenvalue weighted by molar-refractivity contribution is 0.0621. The highest BCUT2D eigenvalue weighted by Gasteiger charge is 2.25. The Morgan fingerprint density at radius 3 is 2.36 bits per heavy atom. The van der Waals surface area contributed by atoms with Gasteiger partial charge in [-0.05, 0) is 53.7 Å². The van der Waals surface area contributed by atoms with E-state index in [1.165, 1.54) is 0 Å². The van der Waals surface area contributed by atoms with Gasteiger partial charge in [0.1, 0.15) is 17.2 Å². The van der Waals surface area contributed by atoms with Gasteiger partial charge < -0.3 is 19.1 Å². The number of carbonyl (C=O) groups excluding carboxylic acids is 1. The summed E-state index contributed by atoms with van der Waals surface area (Å²) in [6.45, 7) is 5.83. The Morgan fingerprint density at radius 2 is 1.70 bits per heavy atom. The summed E-state index contributed by atoms with van der Waals surface area (Å²) in [5.41, 5.74) is 1.41. The zero-order valence-corrected chi connectivity index (χ0v) is 19.1. The van der Waals surface area contributed by atoms with Crippen LogP contribution in [0.4, 0.5) is 0 Å². The van der Waals surface area contributed by atoms with E-state index in [9.17, 15) is 4.79 Å². The number of methoxy groups -OCH3 is 2. The molecule has 0 radical (unpaired) electrons. The van der Waals surface area contributed by atoms with Gasteiger partial charge in [0, 0.05) is 32.2 Å². The van der Waals surface area contributed by atoms with Crippen LogP contribution >= 0.6 is 0 Å². The van der Waals surface area contributed by atoms with Crippen molar-refractivity contribution < 1.29 is 19.0 Å². The molecule has 0 aliphatic carbocycles. The Morgan fingerprint density at radius 1 is 0.970 bits per heavy atom. The van der Waals surface area contributed by atoms with Crippen molar-refractivity contribution in [1.82, 2.24) is 30.0 Å². The number of amides is 1. The highest BCUT2D eigenvalue weighted by atomic mass is 16.5. The number of tetrazole rings is 1. The summed E-state index contributed by atoms with van der Waals surface area (Å²) >= 11 is 0. The monoisotopic (exact) mass is 452 g/mol. The summed E-state index contributed by atoms with van der Waals surface area (Å²) < 4.78 is 17.9. The van der Waals surface area contributed by atoms with Gasteiger partial charge in [0.05, 0.1) is 38.6 Å². The predicted molar refractivity (Wildman–Crippen MR) is 121 cm³/mol. The average Bonchev–Trinajstić information content (AvgIpc) is 3.32. The summed E-state index contributed by atoms with van der Waals surface area (Å²) in [4.78, 5) is 17.1. The number of ether oxygens (including phenoxy) is 3. The fraction of sp³-hybridized carbons (Fsp3) is 0.391. The molecule has 1 aromatic heterocycles. The van der Waals surface area contributed by atoms with Crippen LogP contribution in [0.3, 0.4) is 0 Å². The molecule has 0 saturated carbocycles. The Bertz CT molecular complexity index is 1080. The van der Waals surface area contributed by atoms with E-state index in [1.807, 2.05) is 36.1 Å². The van der Waals surface area contributed by atoms with Gasteiger partial charge in [0.2, 0.25) is 0 Å². The number of piperazine rings is 1. The van der Waals surface area contributed by atoms with Gasteiger partial charge in [-0.1, -0.05) is 0 Å². The molecule has 0 unspecified atom stereocenters. The molecule has 174 valence electrons. The minimum Gasteiger partial charge on any atom is -0.497 e. The molecule has 2 heterocycles. The highest BCUT2D eigenvalue weighted by Crippen LogP contribution is 2.26. The van der Waals surface area contributed by atoms with E-state index in [1.54, 1.807) is 37.1 Å². The minimum absolute atomic E-state index is 0.0478. The van der Waals surface area contributed by atoms with Gasteiger partial charge in [-0.25, -0.2) is 0 Å². The third-order valence-corrected chi connectivity index (χ3v) is 5.59. The SMILES string of the molecule is CCOc1ccc(-n2nnnc2CN2CCN(C(=O)c3ccc(OC)cc3OC)CC2)cc1. The molecule has 0 bridgehead atoms. The lowest BCUT2D eigenvalue weighted by Crippen LogP contribution is -2.48. The van der Waals surface area contributed by atoms with Gasteiger partial charge in [-0.15, -0.1) is 5.10 Å². The Kier molecular flexibility index (Phi) is 7.04. The van der Waals surface area contributed by atoms with Crippen molar-refractivity contribution >= 4 is 5.91 Å². The van der Waals surface area contributed by atoms with E-state index < -0.39 is 0 Å². The zero-order chi connectivity index (χ0) is 23.2. The summed E-state index contributed by atoms with van der Waals surface area (Å²) in [5, 5.41) is 12.2. The van der Waals surface area contributed by atoms with Crippen LogP contribution in [0.5, 0.6) is 17.2 Å². The van der Waals surface area contributed by atoms with Crippen molar-refractivity contribution in [2.45, 2.75) is 13.5 Å². The number of nitrogens with zero attached hydrogens (tertiary/aromatic N) is 6. The number of rotatable bonds is 8. The molecule has 33 heavy (non-hydrogen) atoms. The standard InChI is InChI=1S/C23H28N6O4/c1-4-33-18-7-5-17(6-8-18)29-22(24-25-26-29)16-27-11-13-28(14-12-27)23(30)20-10-9-19(31-2)15-21(20)32-3/h5-10,15H,4,11-14,16H2,1-3H3. The van der Waals surface area contributed by atoms with Crippen molar-refractivity contribution in [2.24, 2.45) is 0 Å². The fourth-order valence-corrected chi connectivity index (χ4v) is 3.81.